The zero-order valence-electron chi connectivity index (χ0n) is 12.7. The van der Waals surface area contributed by atoms with E-state index in [-0.39, 0.29) is 12.5 Å². The molecule has 0 saturated heterocycles. The second-order valence-corrected chi connectivity index (χ2v) is 5.77. The summed E-state index contributed by atoms with van der Waals surface area (Å²) in [5.74, 6) is 1.52. The van der Waals surface area contributed by atoms with E-state index in [0.717, 1.165) is 24.2 Å². The van der Waals surface area contributed by atoms with Crippen molar-refractivity contribution in [2.24, 2.45) is 7.05 Å². The second-order valence-electron chi connectivity index (χ2n) is 5.77. The topological polar surface area (TPSA) is 97.6 Å². The van der Waals surface area contributed by atoms with Crippen molar-refractivity contribution >= 4 is 18.0 Å². The lowest BCUT2D eigenvalue weighted by atomic mass is 10.1. The van der Waals surface area contributed by atoms with Crippen LogP contribution in [0.4, 0.5) is 10.7 Å². The Labute approximate surface area is 127 Å². The molecule has 0 spiro atoms. The highest BCUT2D eigenvalue weighted by Gasteiger charge is 2.40. The number of hydrogen-bond donors (Lipinski definition) is 1. The largest absolute Gasteiger partial charge is 0.505 e. The molecule has 8 nitrogen and oxygen atoms in total. The fourth-order valence-electron chi connectivity index (χ4n) is 2.75. The minimum absolute atomic E-state index is 0.115. The van der Waals surface area contributed by atoms with Crippen molar-refractivity contribution < 1.29 is 19.4 Å². The van der Waals surface area contributed by atoms with Crippen molar-refractivity contribution in [3.05, 3.63) is 17.0 Å². The molecule has 8 heteroatoms. The molecule has 1 aromatic heterocycles. The quantitative estimate of drug-likeness (QED) is 0.845. The molecule has 1 N–H and O–H groups in total. The van der Waals surface area contributed by atoms with E-state index in [1.807, 2.05) is 11.6 Å². The summed E-state index contributed by atoms with van der Waals surface area (Å²) in [6.07, 6.45) is 0.810. The predicted molar refractivity (Wildman–Crippen MR) is 76.6 cm³/mol. The molecule has 2 heterocycles. The molecular formula is C14H18N4O4. The van der Waals surface area contributed by atoms with E-state index in [1.165, 1.54) is 4.90 Å². The normalized spacial score (nSPS) is 21.7. The number of carbonyl (C=O) groups excluding carboxylic acids is 1. The highest BCUT2D eigenvalue weighted by atomic mass is 16.7. The number of ether oxygens (including phenoxy) is 1. The molecule has 1 aliphatic carbocycles. The van der Waals surface area contributed by atoms with E-state index in [0.29, 0.717) is 17.4 Å². The summed E-state index contributed by atoms with van der Waals surface area (Å²) in [5.41, 5.74) is 1.39. The molecule has 1 atom stereocenters. The van der Waals surface area contributed by atoms with Gasteiger partial charge < -0.3 is 9.84 Å². The number of anilines is 1. The first-order chi connectivity index (χ1) is 10.4. The van der Waals surface area contributed by atoms with Crippen molar-refractivity contribution in [1.29, 1.82) is 0 Å². The maximum absolute atomic E-state index is 12.5. The molecule has 22 heavy (non-hydrogen) atoms. The van der Waals surface area contributed by atoms with E-state index in [2.05, 4.69) is 14.9 Å². The van der Waals surface area contributed by atoms with Crippen LogP contribution in [0.5, 0.6) is 0 Å². The molecule has 0 bridgehead atoms. The van der Waals surface area contributed by atoms with Crippen molar-refractivity contribution in [1.82, 2.24) is 14.8 Å². The van der Waals surface area contributed by atoms with Crippen LogP contribution in [0, 0.1) is 0 Å². The first-order valence-corrected chi connectivity index (χ1v) is 7.17. The van der Waals surface area contributed by atoms with Crippen molar-refractivity contribution in [3.63, 3.8) is 0 Å². The summed E-state index contributed by atoms with van der Waals surface area (Å²) >= 11 is 0. The SMILES string of the molecule is CC1=C(C)C(COC(=O)O)N(c2nnc(C3CC3)n2C)C1=O. The van der Waals surface area contributed by atoms with Gasteiger partial charge in [-0.05, 0) is 32.3 Å². The number of amides is 1. The Hall–Kier alpha value is -2.38. The molecular weight excluding hydrogens is 288 g/mol. The molecule has 3 rings (SSSR count). The zero-order valence-corrected chi connectivity index (χ0v) is 12.7. The van der Waals surface area contributed by atoms with Gasteiger partial charge in [-0.25, -0.2) is 4.79 Å². The Morgan fingerprint density at radius 1 is 1.36 bits per heavy atom. The van der Waals surface area contributed by atoms with E-state index in [1.54, 1.807) is 13.8 Å². The number of rotatable bonds is 4. The van der Waals surface area contributed by atoms with Gasteiger partial charge in [-0.3, -0.25) is 14.3 Å². The highest BCUT2D eigenvalue weighted by Crippen LogP contribution is 2.40. The highest BCUT2D eigenvalue weighted by molar-refractivity contribution is 6.08. The fraction of sp³-hybridized carbons (Fsp3) is 0.571. The third-order valence-electron chi connectivity index (χ3n) is 4.35. The zero-order chi connectivity index (χ0) is 16.0. The van der Waals surface area contributed by atoms with Crippen molar-refractivity contribution in [2.45, 2.75) is 38.6 Å². The van der Waals surface area contributed by atoms with Crippen LogP contribution >= 0.6 is 0 Å². The standard InChI is InChI=1S/C14H18N4O4/c1-7-8(2)12(19)18(10(7)6-22-14(20)21)13-16-15-11(17(13)3)9-4-5-9/h9-10H,4-6H2,1-3H3,(H,20,21). The van der Waals surface area contributed by atoms with E-state index >= 15 is 0 Å². The van der Waals surface area contributed by atoms with Crippen molar-refractivity contribution in [3.8, 4) is 0 Å². The maximum Gasteiger partial charge on any atom is 0.505 e. The number of aromatic nitrogens is 3. The molecule has 0 radical (unpaired) electrons. The molecule has 2 aliphatic rings. The van der Waals surface area contributed by atoms with Crippen LogP contribution in [-0.2, 0) is 16.6 Å². The van der Waals surface area contributed by atoms with Gasteiger partial charge in [-0.2, -0.15) is 0 Å². The van der Waals surface area contributed by atoms with Gasteiger partial charge in [0, 0.05) is 18.5 Å². The van der Waals surface area contributed by atoms with Crippen LogP contribution < -0.4 is 4.90 Å². The van der Waals surface area contributed by atoms with E-state index in [4.69, 9.17) is 5.11 Å². The van der Waals surface area contributed by atoms with Gasteiger partial charge in [0.25, 0.3) is 5.91 Å². The minimum Gasteiger partial charge on any atom is -0.450 e. The van der Waals surface area contributed by atoms with Gasteiger partial charge in [0.15, 0.2) is 0 Å². The van der Waals surface area contributed by atoms with Crippen LogP contribution in [0.1, 0.15) is 38.4 Å². The number of nitrogens with zero attached hydrogens (tertiary/aromatic N) is 4. The lowest BCUT2D eigenvalue weighted by molar-refractivity contribution is -0.115. The Bertz CT molecular complexity index is 674. The van der Waals surface area contributed by atoms with Gasteiger partial charge in [-0.1, -0.05) is 0 Å². The predicted octanol–water partition coefficient (Wildman–Crippen LogP) is 1.44. The molecule has 1 aliphatic heterocycles. The first kappa shape index (κ1) is 14.6. The van der Waals surface area contributed by atoms with Gasteiger partial charge in [0.05, 0.1) is 6.04 Å². The van der Waals surface area contributed by atoms with Crippen LogP contribution in [0.3, 0.4) is 0 Å². The van der Waals surface area contributed by atoms with Gasteiger partial charge >= 0.3 is 6.16 Å². The monoisotopic (exact) mass is 306 g/mol. The summed E-state index contributed by atoms with van der Waals surface area (Å²) in [4.78, 5) is 24.6. The first-order valence-electron chi connectivity index (χ1n) is 7.17. The van der Waals surface area contributed by atoms with E-state index in [9.17, 15) is 9.59 Å². The third-order valence-corrected chi connectivity index (χ3v) is 4.35. The minimum atomic E-state index is -1.36. The van der Waals surface area contributed by atoms with E-state index < -0.39 is 12.2 Å². The lowest BCUT2D eigenvalue weighted by Gasteiger charge is -2.24. The Morgan fingerprint density at radius 2 is 2.05 bits per heavy atom. The summed E-state index contributed by atoms with van der Waals surface area (Å²) < 4.78 is 6.50. The average Bonchev–Trinajstić information content (AvgIpc) is 3.21. The van der Waals surface area contributed by atoms with Crippen LogP contribution in [0.15, 0.2) is 11.1 Å². The number of carboxylic acid groups (broad SMARTS) is 1. The number of hydrogen-bond acceptors (Lipinski definition) is 5. The lowest BCUT2D eigenvalue weighted by Crippen LogP contribution is -2.40. The summed E-state index contributed by atoms with van der Waals surface area (Å²) in [6.45, 7) is 3.42. The maximum atomic E-state index is 12.5. The van der Waals surface area contributed by atoms with Gasteiger partial charge in [0.2, 0.25) is 5.95 Å². The summed E-state index contributed by atoms with van der Waals surface area (Å²) in [5, 5.41) is 17.0. The smallest absolute Gasteiger partial charge is 0.450 e. The number of carbonyl (C=O) groups is 2. The van der Waals surface area contributed by atoms with Gasteiger partial charge in [-0.15, -0.1) is 10.2 Å². The molecule has 0 aromatic carbocycles. The molecule has 118 valence electrons. The van der Waals surface area contributed by atoms with Crippen LogP contribution in [0.2, 0.25) is 0 Å². The second kappa shape index (κ2) is 5.11. The summed E-state index contributed by atoms with van der Waals surface area (Å²) in [7, 11) is 1.83. The fourth-order valence-corrected chi connectivity index (χ4v) is 2.75. The average molecular weight is 306 g/mol. The molecule has 1 unspecified atom stereocenters. The Morgan fingerprint density at radius 3 is 2.64 bits per heavy atom. The Balaban J connectivity index is 1.93. The molecule has 1 amide bonds. The van der Waals surface area contributed by atoms with Crippen LogP contribution in [0.25, 0.3) is 0 Å². The summed E-state index contributed by atoms with van der Waals surface area (Å²) in [6, 6.07) is -0.474. The van der Waals surface area contributed by atoms with Crippen molar-refractivity contribution in [2.75, 3.05) is 11.5 Å². The molecule has 1 saturated carbocycles. The molecule has 1 fully saturated rings. The third kappa shape index (κ3) is 2.24. The Kier molecular flexibility index (Phi) is 3.38. The van der Waals surface area contributed by atoms with Gasteiger partial charge in [0.1, 0.15) is 12.4 Å². The molecule has 1 aromatic rings. The van der Waals surface area contributed by atoms with Crippen LogP contribution in [-0.4, -0.2) is 44.6 Å².